The number of benzene rings is 2. The van der Waals surface area contributed by atoms with Gasteiger partial charge in [-0.25, -0.2) is 0 Å². The molecule has 118 valence electrons. The van der Waals surface area contributed by atoms with Gasteiger partial charge in [0.05, 0.1) is 11.1 Å². The maximum atomic E-state index is 13.1. The third kappa shape index (κ3) is 2.01. The van der Waals surface area contributed by atoms with Crippen molar-refractivity contribution >= 4 is 32.3 Å². The van der Waals surface area contributed by atoms with E-state index in [4.69, 9.17) is 0 Å². The van der Waals surface area contributed by atoms with Crippen molar-refractivity contribution < 1.29 is 0 Å². The zero-order chi connectivity index (χ0) is 16.1. The number of aryl methyl sites for hydroxylation is 2. The summed E-state index contributed by atoms with van der Waals surface area (Å²) in [5.41, 5.74) is 1.93. The Hall–Kier alpha value is -2.53. The first-order valence-electron chi connectivity index (χ1n) is 8.21. The fourth-order valence-corrected chi connectivity index (χ4v) is 4.75. The number of nitrogens with zero attached hydrogens (tertiary/aromatic N) is 3. The van der Waals surface area contributed by atoms with Crippen LogP contribution in [0, 0.1) is 0 Å². The number of thiophene rings is 1. The van der Waals surface area contributed by atoms with Crippen molar-refractivity contribution in [2.75, 3.05) is 0 Å². The van der Waals surface area contributed by atoms with Crippen molar-refractivity contribution in [1.29, 1.82) is 0 Å². The minimum absolute atomic E-state index is 0.0466. The number of rotatable bonds is 1. The monoisotopic (exact) mass is 333 g/mol. The average Bonchev–Trinajstić information content (AvgIpc) is 3.01. The molecule has 2 heterocycles. The van der Waals surface area contributed by atoms with E-state index in [9.17, 15) is 4.79 Å². The van der Waals surface area contributed by atoms with Gasteiger partial charge in [0.2, 0.25) is 0 Å². The molecule has 0 radical (unpaired) electrons. The predicted molar refractivity (Wildman–Crippen MR) is 97.2 cm³/mol. The Morgan fingerprint density at radius 3 is 2.75 bits per heavy atom. The van der Waals surface area contributed by atoms with Gasteiger partial charge >= 0.3 is 0 Å². The van der Waals surface area contributed by atoms with Crippen molar-refractivity contribution in [3.63, 3.8) is 0 Å². The topological polar surface area (TPSA) is 47.8 Å². The summed E-state index contributed by atoms with van der Waals surface area (Å²) in [6, 6.07) is 14.1. The first-order chi connectivity index (χ1) is 11.8. The van der Waals surface area contributed by atoms with Gasteiger partial charge in [-0.05, 0) is 54.2 Å². The quantitative estimate of drug-likeness (QED) is 0.531. The lowest BCUT2D eigenvalue weighted by Gasteiger charge is -2.10. The van der Waals surface area contributed by atoms with Crippen LogP contribution in [0.25, 0.3) is 26.7 Å². The molecule has 0 saturated heterocycles. The molecule has 5 rings (SSSR count). The number of fused-ring (bicyclic) bond motifs is 4. The summed E-state index contributed by atoms with van der Waals surface area (Å²) in [5, 5.41) is 11.5. The molecule has 2 aromatic heterocycles. The fraction of sp³-hybridized carbons (Fsp3) is 0.211. The minimum atomic E-state index is -0.0466. The Kier molecular flexibility index (Phi) is 3.03. The normalized spacial score (nSPS) is 14.2. The largest absolute Gasteiger partial charge is 0.283 e. The van der Waals surface area contributed by atoms with Crippen LogP contribution < -0.4 is 5.56 Å². The van der Waals surface area contributed by atoms with E-state index in [0.717, 1.165) is 45.9 Å². The average molecular weight is 333 g/mol. The van der Waals surface area contributed by atoms with Gasteiger partial charge in [0.25, 0.3) is 5.56 Å². The van der Waals surface area contributed by atoms with Crippen molar-refractivity contribution in [2.24, 2.45) is 0 Å². The summed E-state index contributed by atoms with van der Waals surface area (Å²) in [6.07, 6.45) is 4.39. The molecule has 0 aliphatic heterocycles. The number of aromatic nitrogens is 3. The van der Waals surface area contributed by atoms with E-state index in [1.807, 2.05) is 36.4 Å². The number of hydrogen-bond acceptors (Lipinski definition) is 4. The summed E-state index contributed by atoms with van der Waals surface area (Å²) in [7, 11) is 0. The molecule has 2 aromatic carbocycles. The Morgan fingerprint density at radius 1 is 1.00 bits per heavy atom. The molecule has 24 heavy (non-hydrogen) atoms. The van der Waals surface area contributed by atoms with Crippen LogP contribution in [0.1, 0.15) is 23.3 Å². The number of hydrogen-bond donors (Lipinski definition) is 0. The maximum absolute atomic E-state index is 13.1. The summed E-state index contributed by atoms with van der Waals surface area (Å²) >= 11 is 1.63. The second kappa shape index (κ2) is 5.24. The van der Waals surface area contributed by atoms with Crippen LogP contribution in [-0.4, -0.2) is 15.0 Å². The van der Waals surface area contributed by atoms with Gasteiger partial charge in [-0.1, -0.05) is 35.5 Å². The van der Waals surface area contributed by atoms with Crippen LogP contribution in [0.15, 0.2) is 47.3 Å². The highest BCUT2D eigenvalue weighted by atomic mass is 32.1. The molecule has 0 spiro atoms. The molecule has 0 amide bonds. The molecule has 4 aromatic rings. The van der Waals surface area contributed by atoms with Crippen molar-refractivity contribution in [2.45, 2.75) is 25.7 Å². The molecule has 0 unspecified atom stereocenters. The fourth-order valence-electron chi connectivity index (χ4n) is 3.55. The molecular weight excluding hydrogens is 318 g/mol. The van der Waals surface area contributed by atoms with E-state index in [1.165, 1.54) is 21.5 Å². The molecular formula is C19H15N3OS. The van der Waals surface area contributed by atoms with Crippen molar-refractivity contribution in [3.05, 3.63) is 63.3 Å². The molecule has 0 fully saturated rings. The van der Waals surface area contributed by atoms with E-state index in [-0.39, 0.29) is 5.56 Å². The van der Waals surface area contributed by atoms with Gasteiger partial charge in [-0.2, -0.15) is 4.68 Å². The van der Waals surface area contributed by atoms with E-state index in [0.29, 0.717) is 0 Å². The summed E-state index contributed by atoms with van der Waals surface area (Å²) in [5.74, 6) is 0. The highest BCUT2D eigenvalue weighted by molar-refractivity contribution is 7.18. The molecule has 0 atom stereocenters. The predicted octanol–water partition coefficient (Wildman–Crippen LogP) is 3.87. The third-order valence-electron chi connectivity index (χ3n) is 4.76. The van der Waals surface area contributed by atoms with Gasteiger partial charge in [0.15, 0.2) is 4.83 Å². The van der Waals surface area contributed by atoms with E-state index in [1.54, 1.807) is 11.3 Å². The standard InChI is InChI=1S/C19H15N3OS/c23-19-17-15-7-3-4-8-16(15)24-18(17)20-21-22(19)14-10-9-12-5-1-2-6-13(12)11-14/h1-2,5-6,9-11H,3-4,7-8H2. The lowest BCUT2D eigenvalue weighted by Crippen LogP contribution is -2.23. The van der Waals surface area contributed by atoms with Crippen LogP contribution in [0.5, 0.6) is 0 Å². The molecule has 0 N–H and O–H groups in total. The van der Waals surface area contributed by atoms with Crippen molar-refractivity contribution in [3.8, 4) is 5.69 Å². The molecule has 0 saturated carbocycles. The van der Waals surface area contributed by atoms with Gasteiger partial charge in [0.1, 0.15) is 0 Å². The van der Waals surface area contributed by atoms with Gasteiger partial charge in [-0.15, -0.1) is 16.4 Å². The third-order valence-corrected chi connectivity index (χ3v) is 5.94. The van der Waals surface area contributed by atoms with Gasteiger partial charge < -0.3 is 0 Å². The first-order valence-corrected chi connectivity index (χ1v) is 9.02. The Morgan fingerprint density at radius 2 is 1.83 bits per heavy atom. The molecule has 4 nitrogen and oxygen atoms in total. The summed E-state index contributed by atoms with van der Waals surface area (Å²) in [4.78, 5) is 15.2. The lowest BCUT2D eigenvalue weighted by atomic mass is 9.97. The molecule has 5 heteroatoms. The van der Waals surface area contributed by atoms with Crippen molar-refractivity contribution in [1.82, 2.24) is 15.0 Å². The first kappa shape index (κ1) is 13.9. The highest BCUT2D eigenvalue weighted by Gasteiger charge is 2.21. The second-order valence-corrected chi connectivity index (χ2v) is 7.31. The van der Waals surface area contributed by atoms with Crippen LogP contribution in [-0.2, 0) is 12.8 Å². The minimum Gasteiger partial charge on any atom is -0.267 e. The van der Waals surface area contributed by atoms with E-state index in [2.05, 4.69) is 16.4 Å². The summed E-state index contributed by atoms with van der Waals surface area (Å²) in [6.45, 7) is 0. The van der Waals surface area contributed by atoms with Crippen LogP contribution in [0.4, 0.5) is 0 Å². The highest BCUT2D eigenvalue weighted by Crippen LogP contribution is 2.33. The molecule has 1 aliphatic rings. The smallest absolute Gasteiger partial charge is 0.267 e. The Labute approximate surface area is 142 Å². The molecule has 1 aliphatic carbocycles. The van der Waals surface area contributed by atoms with Gasteiger partial charge in [-0.3, -0.25) is 4.79 Å². The van der Waals surface area contributed by atoms with Crippen LogP contribution >= 0.6 is 11.3 Å². The zero-order valence-corrected chi connectivity index (χ0v) is 13.8. The summed E-state index contributed by atoms with van der Waals surface area (Å²) < 4.78 is 1.44. The maximum Gasteiger partial charge on any atom is 0.283 e. The van der Waals surface area contributed by atoms with E-state index >= 15 is 0 Å². The van der Waals surface area contributed by atoms with E-state index < -0.39 is 0 Å². The zero-order valence-electron chi connectivity index (χ0n) is 13.0. The Balaban J connectivity index is 1.76. The molecule has 0 bridgehead atoms. The second-order valence-electron chi connectivity index (χ2n) is 6.23. The van der Waals surface area contributed by atoms with Gasteiger partial charge in [0, 0.05) is 4.88 Å². The SMILES string of the molecule is O=c1c2c3c(sc2nnn1-c1ccc2ccccc2c1)CCCC3. The Bertz CT molecular complexity index is 1140. The van der Waals surface area contributed by atoms with Crippen LogP contribution in [0.2, 0.25) is 0 Å². The lowest BCUT2D eigenvalue weighted by molar-refractivity contribution is 0.697. The van der Waals surface area contributed by atoms with Crippen LogP contribution in [0.3, 0.4) is 0 Å².